The summed E-state index contributed by atoms with van der Waals surface area (Å²) >= 11 is 6.23. The standard InChI is InChI=1S/C23H29ClN4O4S/c1-15-20(16(2)28(25-15)19-8-9-33(31,32)14-19)13-26(3)23(30)18-10-22(29)27(12-18)11-17-6-4-5-7-21(17)24/h4-7,18-19H,8-14H2,1-3H3/t18-,19-/m0/s1. The van der Waals surface area contributed by atoms with Gasteiger partial charge in [-0.1, -0.05) is 29.8 Å². The maximum absolute atomic E-state index is 13.1. The topological polar surface area (TPSA) is 92.6 Å². The van der Waals surface area contributed by atoms with Crippen molar-refractivity contribution in [1.82, 2.24) is 19.6 Å². The third-order valence-corrected chi connectivity index (χ3v) is 8.80. The number of rotatable bonds is 6. The first kappa shape index (κ1) is 23.8. The number of halogens is 1. The Balaban J connectivity index is 1.42. The molecule has 8 nitrogen and oxygen atoms in total. The molecule has 0 unspecified atom stereocenters. The molecule has 1 aromatic carbocycles. The van der Waals surface area contributed by atoms with E-state index in [0.717, 1.165) is 22.5 Å². The molecule has 178 valence electrons. The number of nitrogens with zero attached hydrogens (tertiary/aromatic N) is 4. The lowest BCUT2D eigenvalue weighted by atomic mass is 10.1. The fourth-order valence-corrected chi connectivity index (χ4v) is 6.69. The number of benzene rings is 1. The first-order valence-electron chi connectivity index (χ1n) is 11.1. The normalized spacial score (nSPS) is 22.2. The largest absolute Gasteiger partial charge is 0.341 e. The first-order chi connectivity index (χ1) is 15.6. The van der Waals surface area contributed by atoms with Gasteiger partial charge < -0.3 is 9.80 Å². The number of carbonyl (C=O) groups is 2. The molecule has 33 heavy (non-hydrogen) atoms. The minimum absolute atomic E-state index is 0.0516. The van der Waals surface area contributed by atoms with Gasteiger partial charge in [0.05, 0.1) is 29.2 Å². The summed E-state index contributed by atoms with van der Waals surface area (Å²) < 4.78 is 25.6. The van der Waals surface area contributed by atoms with Crippen LogP contribution in [0, 0.1) is 19.8 Å². The van der Waals surface area contributed by atoms with Crippen LogP contribution >= 0.6 is 11.6 Å². The van der Waals surface area contributed by atoms with E-state index in [9.17, 15) is 18.0 Å². The number of hydrogen-bond donors (Lipinski definition) is 0. The Kier molecular flexibility index (Phi) is 6.55. The van der Waals surface area contributed by atoms with Crippen molar-refractivity contribution in [2.45, 2.75) is 45.8 Å². The minimum Gasteiger partial charge on any atom is -0.341 e. The second kappa shape index (κ2) is 9.10. The molecule has 0 radical (unpaired) electrons. The molecule has 2 aliphatic heterocycles. The monoisotopic (exact) mass is 492 g/mol. The van der Waals surface area contributed by atoms with Crippen LogP contribution in [-0.4, -0.2) is 64.9 Å². The van der Waals surface area contributed by atoms with Gasteiger partial charge in [-0.25, -0.2) is 8.42 Å². The summed E-state index contributed by atoms with van der Waals surface area (Å²) in [6.07, 6.45) is 0.745. The molecule has 2 aliphatic rings. The number of likely N-dealkylation sites (tertiary alicyclic amines) is 1. The van der Waals surface area contributed by atoms with Gasteiger partial charge in [0.1, 0.15) is 0 Å². The van der Waals surface area contributed by atoms with Crippen LogP contribution in [0.4, 0.5) is 0 Å². The van der Waals surface area contributed by atoms with Crippen LogP contribution in [0.1, 0.15) is 41.4 Å². The summed E-state index contributed by atoms with van der Waals surface area (Å²) in [5.74, 6) is -0.247. The smallest absolute Gasteiger partial charge is 0.228 e. The Hall–Kier alpha value is -2.39. The van der Waals surface area contributed by atoms with Crippen molar-refractivity contribution >= 4 is 33.3 Å². The van der Waals surface area contributed by atoms with E-state index in [2.05, 4.69) is 5.10 Å². The summed E-state index contributed by atoms with van der Waals surface area (Å²) in [7, 11) is -1.28. The van der Waals surface area contributed by atoms with E-state index in [0.29, 0.717) is 31.1 Å². The van der Waals surface area contributed by atoms with Gasteiger partial charge in [0.2, 0.25) is 11.8 Å². The van der Waals surface area contributed by atoms with E-state index in [-0.39, 0.29) is 35.8 Å². The molecule has 0 spiro atoms. The lowest BCUT2D eigenvalue weighted by Crippen LogP contribution is -2.34. The van der Waals surface area contributed by atoms with Crippen molar-refractivity contribution in [3.8, 4) is 0 Å². The van der Waals surface area contributed by atoms with Crippen LogP contribution in [-0.2, 0) is 32.5 Å². The van der Waals surface area contributed by atoms with Gasteiger partial charge in [-0.05, 0) is 31.9 Å². The summed E-state index contributed by atoms with van der Waals surface area (Å²) in [6, 6.07) is 7.24. The molecule has 4 rings (SSSR count). The van der Waals surface area contributed by atoms with Crippen LogP contribution in [0.15, 0.2) is 24.3 Å². The van der Waals surface area contributed by atoms with Crippen LogP contribution in [0.3, 0.4) is 0 Å². The Bertz CT molecular complexity index is 1190. The second-order valence-electron chi connectivity index (χ2n) is 9.11. The summed E-state index contributed by atoms with van der Waals surface area (Å²) in [5, 5.41) is 5.19. The molecule has 2 amide bonds. The van der Waals surface area contributed by atoms with Gasteiger partial charge in [0, 0.05) is 49.4 Å². The number of aryl methyl sites for hydroxylation is 1. The molecule has 10 heteroatoms. The number of sulfone groups is 1. The van der Waals surface area contributed by atoms with Crippen molar-refractivity contribution in [2.24, 2.45) is 5.92 Å². The van der Waals surface area contributed by atoms with Gasteiger partial charge in [-0.3, -0.25) is 14.3 Å². The number of amides is 2. The minimum atomic E-state index is -3.02. The van der Waals surface area contributed by atoms with Gasteiger partial charge >= 0.3 is 0 Å². The van der Waals surface area contributed by atoms with E-state index in [1.54, 1.807) is 27.6 Å². The van der Waals surface area contributed by atoms with Crippen molar-refractivity contribution < 1.29 is 18.0 Å². The van der Waals surface area contributed by atoms with Gasteiger partial charge in [0.25, 0.3) is 0 Å². The average Bonchev–Trinajstić information content (AvgIpc) is 3.39. The van der Waals surface area contributed by atoms with Crippen LogP contribution in [0.5, 0.6) is 0 Å². The fourth-order valence-electron chi connectivity index (χ4n) is 4.80. The molecule has 0 saturated carbocycles. The SMILES string of the molecule is Cc1nn([C@H]2CCS(=O)(=O)C2)c(C)c1CN(C)C(=O)[C@H]1CC(=O)N(Cc2ccccc2Cl)C1. The Morgan fingerprint density at radius 3 is 2.67 bits per heavy atom. The predicted molar refractivity (Wildman–Crippen MR) is 125 cm³/mol. The lowest BCUT2D eigenvalue weighted by molar-refractivity contribution is -0.135. The third-order valence-electron chi connectivity index (χ3n) is 6.68. The van der Waals surface area contributed by atoms with E-state index in [1.807, 2.05) is 32.0 Å². The van der Waals surface area contributed by atoms with Gasteiger partial charge in [0.15, 0.2) is 9.84 Å². The lowest BCUT2D eigenvalue weighted by Gasteiger charge is -2.22. The highest BCUT2D eigenvalue weighted by atomic mass is 35.5. The van der Waals surface area contributed by atoms with Crippen molar-refractivity contribution in [3.63, 3.8) is 0 Å². The Labute approximate surface area is 199 Å². The molecule has 2 aromatic rings. The Morgan fingerprint density at radius 1 is 1.27 bits per heavy atom. The quantitative estimate of drug-likeness (QED) is 0.617. The zero-order valence-corrected chi connectivity index (χ0v) is 20.7. The highest BCUT2D eigenvalue weighted by Crippen LogP contribution is 2.28. The van der Waals surface area contributed by atoms with Crippen molar-refractivity contribution in [1.29, 1.82) is 0 Å². The average molecular weight is 493 g/mol. The van der Waals surface area contributed by atoms with E-state index in [1.165, 1.54) is 0 Å². The maximum Gasteiger partial charge on any atom is 0.228 e. The van der Waals surface area contributed by atoms with E-state index < -0.39 is 15.8 Å². The highest BCUT2D eigenvalue weighted by molar-refractivity contribution is 7.91. The van der Waals surface area contributed by atoms with Gasteiger partial charge in [-0.2, -0.15) is 5.10 Å². The van der Waals surface area contributed by atoms with Gasteiger partial charge in [-0.15, -0.1) is 0 Å². The predicted octanol–water partition coefficient (Wildman–Crippen LogP) is 2.52. The van der Waals surface area contributed by atoms with Crippen LogP contribution in [0.25, 0.3) is 0 Å². The molecule has 2 saturated heterocycles. The molecule has 1 aromatic heterocycles. The molecular weight excluding hydrogens is 464 g/mol. The third kappa shape index (κ3) is 4.94. The van der Waals surface area contributed by atoms with E-state index in [4.69, 9.17) is 11.6 Å². The number of hydrogen-bond acceptors (Lipinski definition) is 5. The molecular formula is C23H29ClN4O4S. The number of aromatic nitrogens is 2. The van der Waals surface area contributed by atoms with Crippen LogP contribution < -0.4 is 0 Å². The first-order valence-corrected chi connectivity index (χ1v) is 13.3. The maximum atomic E-state index is 13.1. The summed E-state index contributed by atoms with van der Waals surface area (Å²) in [5.41, 5.74) is 3.46. The van der Waals surface area contributed by atoms with Crippen molar-refractivity contribution in [2.75, 3.05) is 25.1 Å². The molecule has 0 bridgehead atoms. The Morgan fingerprint density at radius 2 is 2.00 bits per heavy atom. The van der Waals surface area contributed by atoms with Crippen molar-refractivity contribution in [3.05, 3.63) is 51.8 Å². The zero-order chi connectivity index (χ0) is 23.9. The highest BCUT2D eigenvalue weighted by Gasteiger charge is 2.36. The molecule has 2 fully saturated rings. The summed E-state index contributed by atoms with van der Waals surface area (Å²) in [4.78, 5) is 29.0. The molecule has 0 aliphatic carbocycles. The summed E-state index contributed by atoms with van der Waals surface area (Å²) in [6.45, 7) is 4.92. The fraction of sp³-hybridized carbons (Fsp3) is 0.522. The second-order valence-corrected chi connectivity index (χ2v) is 11.7. The molecule has 3 heterocycles. The van der Waals surface area contributed by atoms with E-state index >= 15 is 0 Å². The molecule has 2 atom stereocenters. The number of carbonyl (C=O) groups excluding carboxylic acids is 2. The zero-order valence-electron chi connectivity index (χ0n) is 19.1. The van der Waals surface area contributed by atoms with Crippen LogP contribution in [0.2, 0.25) is 5.02 Å². The molecule has 0 N–H and O–H groups in total.